The van der Waals surface area contributed by atoms with Crippen molar-refractivity contribution in [2.24, 2.45) is 0 Å². The number of carboxylic acids is 1. The smallest absolute Gasteiger partial charge is 0.337 e. The number of aromatic carboxylic acids is 1. The summed E-state index contributed by atoms with van der Waals surface area (Å²) in [5.74, 6) is -0.649. The molecule has 98 valence electrons. The highest BCUT2D eigenvalue weighted by Crippen LogP contribution is 2.27. The van der Waals surface area contributed by atoms with E-state index in [-0.39, 0.29) is 11.3 Å². The van der Waals surface area contributed by atoms with Gasteiger partial charge in [-0.2, -0.15) is 0 Å². The molecule has 1 heterocycles. The summed E-state index contributed by atoms with van der Waals surface area (Å²) >= 11 is 3.42. The van der Waals surface area contributed by atoms with Crippen molar-refractivity contribution in [1.82, 2.24) is 4.98 Å². The van der Waals surface area contributed by atoms with Crippen LogP contribution in [-0.4, -0.2) is 16.1 Å². The molecule has 4 N–H and O–H groups in total. The van der Waals surface area contributed by atoms with Crippen LogP contribution in [0.15, 0.2) is 34.9 Å². The Morgan fingerprint density at radius 2 is 2.16 bits per heavy atom. The number of benzene rings is 1. The second-order valence-corrected chi connectivity index (χ2v) is 4.92. The molecule has 0 saturated carbocycles. The fourth-order valence-electron chi connectivity index (χ4n) is 1.59. The van der Waals surface area contributed by atoms with Crippen LogP contribution >= 0.6 is 15.9 Å². The number of halogens is 1. The van der Waals surface area contributed by atoms with E-state index in [4.69, 9.17) is 10.8 Å². The predicted octanol–water partition coefficient (Wildman–Crippen LogP) is 3.18. The molecule has 0 radical (unpaired) electrons. The lowest BCUT2D eigenvalue weighted by Crippen LogP contribution is -2.05. The number of pyridine rings is 1. The van der Waals surface area contributed by atoms with Crippen LogP contribution in [0, 0.1) is 6.92 Å². The van der Waals surface area contributed by atoms with Crippen LogP contribution in [0.3, 0.4) is 0 Å². The third-order valence-electron chi connectivity index (χ3n) is 2.55. The number of hydrogen-bond donors (Lipinski definition) is 3. The van der Waals surface area contributed by atoms with Crippen LogP contribution in [-0.2, 0) is 0 Å². The Morgan fingerprint density at radius 1 is 1.42 bits per heavy atom. The van der Waals surface area contributed by atoms with Gasteiger partial charge in [-0.3, -0.25) is 0 Å². The topological polar surface area (TPSA) is 88.2 Å². The minimum atomic E-state index is -1.08. The Hall–Kier alpha value is -2.08. The number of hydrogen-bond acceptors (Lipinski definition) is 4. The summed E-state index contributed by atoms with van der Waals surface area (Å²) in [6, 6.07) is 7.22. The molecule has 0 atom stereocenters. The lowest BCUT2D eigenvalue weighted by atomic mass is 10.2. The molecule has 1 aromatic heterocycles. The molecular formula is C13H12BrN3O2. The number of aryl methyl sites for hydroxylation is 1. The molecule has 0 fully saturated rings. The van der Waals surface area contributed by atoms with Gasteiger partial charge in [0.25, 0.3) is 0 Å². The van der Waals surface area contributed by atoms with Crippen LogP contribution in [0.5, 0.6) is 0 Å². The van der Waals surface area contributed by atoms with E-state index in [2.05, 4.69) is 26.2 Å². The summed E-state index contributed by atoms with van der Waals surface area (Å²) in [6.45, 7) is 1.97. The molecule has 2 rings (SSSR count). The Balaban J connectivity index is 2.36. The Labute approximate surface area is 118 Å². The summed E-state index contributed by atoms with van der Waals surface area (Å²) in [6.07, 6.45) is 1.33. The first-order valence-electron chi connectivity index (χ1n) is 5.49. The number of rotatable bonds is 3. The summed E-state index contributed by atoms with van der Waals surface area (Å²) < 4.78 is 0.869. The van der Waals surface area contributed by atoms with E-state index in [0.29, 0.717) is 5.82 Å². The normalized spacial score (nSPS) is 10.2. The molecule has 0 saturated heterocycles. The van der Waals surface area contributed by atoms with Gasteiger partial charge >= 0.3 is 5.97 Å². The molecule has 0 amide bonds. The quantitative estimate of drug-likeness (QED) is 0.808. The summed E-state index contributed by atoms with van der Waals surface area (Å²) in [5.41, 5.74) is 7.62. The molecule has 0 aliphatic rings. The van der Waals surface area contributed by atoms with Crippen molar-refractivity contribution < 1.29 is 9.90 Å². The Morgan fingerprint density at radius 3 is 2.84 bits per heavy atom. The van der Waals surface area contributed by atoms with Gasteiger partial charge in [0.2, 0.25) is 0 Å². The number of nitrogens with two attached hydrogens (primary N) is 1. The van der Waals surface area contributed by atoms with Gasteiger partial charge in [0.1, 0.15) is 5.82 Å². The van der Waals surface area contributed by atoms with Crippen molar-refractivity contribution in [3.63, 3.8) is 0 Å². The maximum absolute atomic E-state index is 11.0. The number of carboxylic acid groups (broad SMARTS) is 1. The third-order valence-corrected chi connectivity index (χ3v) is 3.24. The van der Waals surface area contributed by atoms with Gasteiger partial charge in [0.15, 0.2) is 0 Å². The molecule has 0 bridgehead atoms. The Kier molecular flexibility index (Phi) is 3.71. The first kappa shape index (κ1) is 13.4. The van der Waals surface area contributed by atoms with Crippen molar-refractivity contribution in [2.45, 2.75) is 6.92 Å². The number of nitrogens with one attached hydrogen (secondary N) is 1. The molecule has 0 aliphatic carbocycles. The van der Waals surface area contributed by atoms with Crippen molar-refractivity contribution >= 4 is 39.1 Å². The van der Waals surface area contributed by atoms with Gasteiger partial charge in [0.05, 0.1) is 23.1 Å². The summed E-state index contributed by atoms with van der Waals surface area (Å²) in [5, 5.41) is 12.1. The number of carbonyl (C=O) groups is 1. The summed E-state index contributed by atoms with van der Waals surface area (Å²) in [7, 11) is 0. The van der Waals surface area contributed by atoms with Crippen LogP contribution in [0.1, 0.15) is 15.9 Å². The fraction of sp³-hybridized carbons (Fsp3) is 0.0769. The average Bonchev–Trinajstić information content (AvgIpc) is 2.36. The van der Waals surface area contributed by atoms with E-state index in [9.17, 15) is 4.79 Å². The molecule has 1 aromatic carbocycles. The number of aromatic nitrogens is 1. The van der Waals surface area contributed by atoms with E-state index in [0.717, 1.165) is 15.7 Å². The van der Waals surface area contributed by atoms with Gasteiger partial charge in [-0.25, -0.2) is 9.78 Å². The van der Waals surface area contributed by atoms with Crippen LogP contribution in [0.4, 0.5) is 17.2 Å². The highest BCUT2D eigenvalue weighted by molar-refractivity contribution is 9.10. The zero-order chi connectivity index (χ0) is 14.0. The zero-order valence-corrected chi connectivity index (χ0v) is 11.7. The van der Waals surface area contributed by atoms with Crippen LogP contribution in [0.2, 0.25) is 0 Å². The van der Waals surface area contributed by atoms with E-state index in [1.807, 2.05) is 25.1 Å². The van der Waals surface area contributed by atoms with E-state index < -0.39 is 5.97 Å². The van der Waals surface area contributed by atoms with E-state index in [1.165, 1.54) is 12.3 Å². The number of anilines is 3. The molecule has 0 unspecified atom stereocenters. The van der Waals surface area contributed by atoms with Crippen LogP contribution < -0.4 is 11.1 Å². The lowest BCUT2D eigenvalue weighted by Gasteiger charge is -2.10. The first-order chi connectivity index (χ1) is 8.97. The first-order valence-corrected chi connectivity index (χ1v) is 6.28. The average molecular weight is 322 g/mol. The van der Waals surface area contributed by atoms with Gasteiger partial charge < -0.3 is 16.2 Å². The molecular weight excluding hydrogens is 310 g/mol. The van der Waals surface area contributed by atoms with Gasteiger partial charge in [-0.1, -0.05) is 6.07 Å². The van der Waals surface area contributed by atoms with Crippen molar-refractivity contribution in [3.05, 3.63) is 46.1 Å². The standard InChI is InChI=1S/C13H12BrN3O2/c1-7-2-3-9(14)11(4-7)17-12-5-8(13(18)19)10(15)6-16-12/h2-6H,15H2,1H3,(H,16,17)(H,18,19). The zero-order valence-electron chi connectivity index (χ0n) is 10.1. The van der Waals surface area contributed by atoms with Gasteiger partial charge in [-0.05, 0) is 46.6 Å². The van der Waals surface area contributed by atoms with Crippen molar-refractivity contribution in [2.75, 3.05) is 11.1 Å². The van der Waals surface area contributed by atoms with Crippen LogP contribution in [0.25, 0.3) is 0 Å². The monoisotopic (exact) mass is 321 g/mol. The van der Waals surface area contributed by atoms with Crippen molar-refractivity contribution in [1.29, 1.82) is 0 Å². The number of nitrogen functional groups attached to an aromatic ring is 1. The van der Waals surface area contributed by atoms with E-state index in [1.54, 1.807) is 0 Å². The molecule has 19 heavy (non-hydrogen) atoms. The van der Waals surface area contributed by atoms with Gasteiger partial charge in [-0.15, -0.1) is 0 Å². The maximum atomic E-state index is 11.0. The van der Waals surface area contributed by atoms with Crippen molar-refractivity contribution in [3.8, 4) is 0 Å². The van der Waals surface area contributed by atoms with E-state index >= 15 is 0 Å². The molecule has 0 spiro atoms. The molecule has 0 aliphatic heterocycles. The molecule has 2 aromatic rings. The third kappa shape index (κ3) is 3.03. The van der Waals surface area contributed by atoms with Gasteiger partial charge in [0, 0.05) is 4.47 Å². The summed E-state index contributed by atoms with van der Waals surface area (Å²) in [4.78, 5) is 15.1. The SMILES string of the molecule is Cc1ccc(Br)c(Nc2cc(C(=O)O)c(N)cn2)c1. The number of nitrogens with zero attached hydrogens (tertiary/aromatic N) is 1. The maximum Gasteiger partial charge on any atom is 0.337 e. The highest BCUT2D eigenvalue weighted by atomic mass is 79.9. The minimum Gasteiger partial charge on any atom is -0.478 e. The molecule has 6 heteroatoms. The lowest BCUT2D eigenvalue weighted by molar-refractivity contribution is 0.0698. The fourth-order valence-corrected chi connectivity index (χ4v) is 1.94. The second-order valence-electron chi connectivity index (χ2n) is 4.07. The minimum absolute atomic E-state index is 0.0290. The molecule has 5 nitrogen and oxygen atoms in total. The predicted molar refractivity (Wildman–Crippen MR) is 77.8 cm³/mol. The Bertz CT molecular complexity index is 644. The second kappa shape index (κ2) is 5.27. The largest absolute Gasteiger partial charge is 0.478 e. The highest BCUT2D eigenvalue weighted by Gasteiger charge is 2.10.